The minimum absolute atomic E-state index is 0.187. The van der Waals surface area contributed by atoms with Gasteiger partial charge in [0.05, 0.1) is 25.4 Å². The normalized spacial score (nSPS) is 10.5. The second-order valence-corrected chi connectivity index (χ2v) is 6.86. The van der Waals surface area contributed by atoms with Crippen molar-refractivity contribution in [2.45, 2.75) is 20.4 Å². The van der Waals surface area contributed by atoms with Crippen LogP contribution in [0.4, 0.5) is 5.69 Å². The number of aromatic nitrogens is 1. The standard InChI is InChI=1S/C23H23ClN2O4/c1-3-29-20-11-9-16(13-21(20)30-4-2)23(28)25-18-10-12-22(27)26(15-18)14-17-7-5-6-8-19(17)24/h5-13,15H,3-4,14H2,1-2H3,(H,25,28). The van der Waals surface area contributed by atoms with Gasteiger partial charge in [0, 0.05) is 22.8 Å². The molecule has 1 amide bonds. The van der Waals surface area contributed by atoms with Crippen LogP contribution in [0.15, 0.2) is 65.6 Å². The molecule has 156 valence electrons. The highest BCUT2D eigenvalue weighted by Gasteiger charge is 2.13. The predicted molar refractivity (Wildman–Crippen MR) is 118 cm³/mol. The van der Waals surface area contributed by atoms with Crippen molar-refractivity contribution < 1.29 is 14.3 Å². The van der Waals surface area contributed by atoms with Gasteiger partial charge in [0.2, 0.25) is 0 Å². The molecule has 0 atom stereocenters. The van der Waals surface area contributed by atoms with E-state index in [0.29, 0.717) is 47.5 Å². The maximum Gasteiger partial charge on any atom is 0.255 e. The summed E-state index contributed by atoms with van der Waals surface area (Å²) in [5, 5.41) is 3.40. The van der Waals surface area contributed by atoms with Crippen LogP contribution < -0.4 is 20.3 Å². The van der Waals surface area contributed by atoms with Crippen molar-refractivity contribution in [1.29, 1.82) is 0 Å². The lowest BCUT2D eigenvalue weighted by molar-refractivity contribution is 0.102. The van der Waals surface area contributed by atoms with Gasteiger partial charge in [-0.05, 0) is 49.7 Å². The van der Waals surface area contributed by atoms with Crippen LogP contribution in [0.25, 0.3) is 0 Å². The van der Waals surface area contributed by atoms with E-state index in [4.69, 9.17) is 21.1 Å². The minimum atomic E-state index is -0.318. The quantitative estimate of drug-likeness (QED) is 0.571. The Labute approximate surface area is 180 Å². The molecule has 2 aromatic carbocycles. The summed E-state index contributed by atoms with van der Waals surface area (Å²) in [5.74, 6) is 0.779. The maximum absolute atomic E-state index is 12.7. The van der Waals surface area contributed by atoms with E-state index < -0.39 is 0 Å². The van der Waals surface area contributed by atoms with Crippen molar-refractivity contribution in [3.63, 3.8) is 0 Å². The molecule has 0 aliphatic heterocycles. The number of amides is 1. The van der Waals surface area contributed by atoms with Gasteiger partial charge in [-0.2, -0.15) is 0 Å². The highest BCUT2D eigenvalue weighted by atomic mass is 35.5. The first kappa shape index (κ1) is 21.5. The summed E-state index contributed by atoms with van der Waals surface area (Å²) in [7, 11) is 0. The van der Waals surface area contributed by atoms with Gasteiger partial charge in [-0.3, -0.25) is 9.59 Å². The number of carbonyl (C=O) groups is 1. The van der Waals surface area contributed by atoms with Crippen molar-refractivity contribution in [2.75, 3.05) is 18.5 Å². The van der Waals surface area contributed by atoms with Gasteiger partial charge < -0.3 is 19.4 Å². The number of pyridine rings is 1. The zero-order chi connectivity index (χ0) is 21.5. The Bertz CT molecular complexity index is 1090. The molecule has 3 rings (SSSR count). The summed E-state index contributed by atoms with van der Waals surface area (Å²) in [6.07, 6.45) is 1.60. The molecule has 3 aromatic rings. The molecule has 0 saturated heterocycles. The van der Waals surface area contributed by atoms with Crippen LogP contribution in [0.3, 0.4) is 0 Å². The van der Waals surface area contributed by atoms with Gasteiger partial charge >= 0.3 is 0 Å². The summed E-state index contributed by atoms with van der Waals surface area (Å²) in [6.45, 7) is 5.01. The lowest BCUT2D eigenvalue weighted by Gasteiger charge is -2.13. The maximum atomic E-state index is 12.7. The molecule has 0 spiro atoms. The molecule has 30 heavy (non-hydrogen) atoms. The molecule has 0 saturated carbocycles. The second kappa shape index (κ2) is 9.98. The Morgan fingerprint density at radius 1 is 1.00 bits per heavy atom. The molecule has 0 aliphatic carbocycles. The van der Waals surface area contributed by atoms with E-state index in [2.05, 4.69) is 5.32 Å². The van der Waals surface area contributed by atoms with Crippen molar-refractivity contribution in [1.82, 2.24) is 4.57 Å². The first-order valence-electron chi connectivity index (χ1n) is 9.66. The fraction of sp³-hybridized carbons (Fsp3) is 0.217. The number of hydrogen-bond acceptors (Lipinski definition) is 4. The number of ether oxygens (including phenoxy) is 2. The molecular formula is C23H23ClN2O4. The fourth-order valence-electron chi connectivity index (χ4n) is 2.93. The van der Waals surface area contributed by atoms with Crippen LogP contribution in [0, 0.1) is 0 Å². The average Bonchev–Trinajstić information content (AvgIpc) is 2.73. The third kappa shape index (κ3) is 5.21. The minimum Gasteiger partial charge on any atom is -0.490 e. The average molecular weight is 427 g/mol. The topological polar surface area (TPSA) is 69.6 Å². The SMILES string of the molecule is CCOc1ccc(C(=O)Nc2ccc(=O)n(Cc3ccccc3Cl)c2)cc1OCC. The predicted octanol–water partition coefficient (Wildman–Crippen LogP) is 4.60. The van der Waals surface area contributed by atoms with Crippen LogP contribution in [0.2, 0.25) is 5.02 Å². The lowest BCUT2D eigenvalue weighted by atomic mass is 10.2. The van der Waals surface area contributed by atoms with Gasteiger partial charge in [0.15, 0.2) is 11.5 Å². The van der Waals surface area contributed by atoms with Gasteiger partial charge in [0.25, 0.3) is 11.5 Å². The summed E-state index contributed by atoms with van der Waals surface area (Å²) < 4.78 is 12.6. The van der Waals surface area contributed by atoms with Gasteiger partial charge in [-0.25, -0.2) is 0 Å². The number of nitrogens with zero attached hydrogens (tertiary/aromatic N) is 1. The molecule has 0 radical (unpaired) electrons. The van der Waals surface area contributed by atoms with Crippen LogP contribution >= 0.6 is 11.6 Å². The molecule has 1 heterocycles. The number of nitrogens with one attached hydrogen (secondary N) is 1. The largest absolute Gasteiger partial charge is 0.490 e. The third-order valence-corrected chi connectivity index (χ3v) is 4.71. The number of carbonyl (C=O) groups excluding carboxylic acids is 1. The molecule has 7 heteroatoms. The zero-order valence-electron chi connectivity index (χ0n) is 16.9. The van der Waals surface area contributed by atoms with Gasteiger partial charge in [-0.15, -0.1) is 0 Å². The van der Waals surface area contributed by atoms with Gasteiger partial charge in [-0.1, -0.05) is 29.8 Å². The van der Waals surface area contributed by atoms with Gasteiger partial charge in [0.1, 0.15) is 0 Å². The van der Waals surface area contributed by atoms with Crippen molar-refractivity contribution >= 4 is 23.2 Å². The highest BCUT2D eigenvalue weighted by Crippen LogP contribution is 2.29. The van der Waals surface area contributed by atoms with Crippen molar-refractivity contribution in [3.05, 3.63) is 87.3 Å². The van der Waals surface area contributed by atoms with Crippen LogP contribution in [0.1, 0.15) is 29.8 Å². The summed E-state index contributed by atoms with van der Waals surface area (Å²) in [6, 6.07) is 15.3. The Hall–Kier alpha value is -3.25. The smallest absolute Gasteiger partial charge is 0.255 e. The number of benzene rings is 2. The molecule has 0 bridgehead atoms. The van der Waals surface area contributed by atoms with Crippen LogP contribution in [-0.2, 0) is 6.54 Å². The van der Waals surface area contributed by atoms with Crippen molar-refractivity contribution in [3.8, 4) is 11.5 Å². The van der Waals surface area contributed by atoms with Crippen molar-refractivity contribution in [2.24, 2.45) is 0 Å². The van der Waals surface area contributed by atoms with E-state index in [1.807, 2.05) is 32.0 Å². The first-order valence-corrected chi connectivity index (χ1v) is 10.0. The molecule has 0 fully saturated rings. The summed E-state index contributed by atoms with van der Waals surface area (Å²) >= 11 is 6.20. The summed E-state index contributed by atoms with van der Waals surface area (Å²) in [4.78, 5) is 25.0. The first-order chi connectivity index (χ1) is 14.5. The monoisotopic (exact) mass is 426 g/mol. The van der Waals surface area contributed by atoms with E-state index in [-0.39, 0.29) is 11.5 Å². The van der Waals surface area contributed by atoms with E-state index in [9.17, 15) is 9.59 Å². The van der Waals surface area contributed by atoms with E-state index in [0.717, 1.165) is 5.56 Å². The fourth-order valence-corrected chi connectivity index (χ4v) is 3.13. The number of halogens is 1. The van der Waals surface area contributed by atoms with E-state index in [1.165, 1.54) is 10.6 Å². The molecule has 0 unspecified atom stereocenters. The molecule has 1 N–H and O–H groups in total. The zero-order valence-corrected chi connectivity index (χ0v) is 17.6. The highest BCUT2D eigenvalue weighted by molar-refractivity contribution is 6.31. The van der Waals surface area contributed by atoms with Crippen LogP contribution in [-0.4, -0.2) is 23.7 Å². The molecule has 1 aromatic heterocycles. The van der Waals surface area contributed by atoms with E-state index in [1.54, 1.807) is 36.5 Å². The molecule has 0 aliphatic rings. The molecular weight excluding hydrogens is 404 g/mol. The molecule has 6 nitrogen and oxygen atoms in total. The number of anilines is 1. The Balaban J connectivity index is 1.81. The Kier molecular flexibility index (Phi) is 7.14. The summed E-state index contributed by atoms with van der Waals surface area (Å²) in [5.41, 5.74) is 1.55. The van der Waals surface area contributed by atoms with Crippen LogP contribution in [0.5, 0.6) is 11.5 Å². The number of hydrogen-bond donors (Lipinski definition) is 1. The Morgan fingerprint density at radius 3 is 2.47 bits per heavy atom. The number of rotatable bonds is 8. The van der Waals surface area contributed by atoms with E-state index >= 15 is 0 Å². The third-order valence-electron chi connectivity index (χ3n) is 4.35. The Morgan fingerprint density at radius 2 is 1.73 bits per heavy atom. The lowest BCUT2D eigenvalue weighted by Crippen LogP contribution is -2.21. The second-order valence-electron chi connectivity index (χ2n) is 6.46.